The van der Waals surface area contributed by atoms with Crippen LogP contribution in [0.15, 0.2) is 53.6 Å². The Morgan fingerprint density at radius 3 is 2.56 bits per heavy atom. The standard InChI is InChI=1S/C29H34F3N5O5S/c1-4-19-17-27(2,3)36(18-19)25-22(26(39)35-43(40,41)21-7-5-6-20(38)16-21)8-9-23(33-25)37-14-10-24(34-37)42-15-13-28(11-12-28)29(30,31)32/h5-10,14,16,19,38H,4,11-13,15,17-18H2,1-3H3,(H,35,39)/t19-/m0/s1. The largest absolute Gasteiger partial charge is 0.508 e. The lowest BCUT2D eigenvalue weighted by atomic mass is 9.95. The second-order valence-corrected chi connectivity index (χ2v) is 13.5. The highest BCUT2D eigenvalue weighted by Gasteiger charge is 2.62. The minimum absolute atomic E-state index is 0.0304. The maximum atomic E-state index is 13.4. The minimum Gasteiger partial charge on any atom is -0.508 e. The fourth-order valence-corrected chi connectivity index (χ4v) is 6.56. The molecule has 1 amide bonds. The summed E-state index contributed by atoms with van der Waals surface area (Å²) in [6, 6.07) is 9.46. The van der Waals surface area contributed by atoms with Crippen molar-refractivity contribution in [3.63, 3.8) is 0 Å². The smallest absolute Gasteiger partial charge is 0.394 e. The number of anilines is 1. The molecule has 1 saturated heterocycles. The van der Waals surface area contributed by atoms with Gasteiger partial charge in [-0.15, -0.1) is 5.10 Å². The Balaban J connectivity index is 1.42. The fraction of sp³-hybridized carbons (Fsp3) is 0.483. The maximum absolute atomic E-state index is 13.4. The molecule has 1 aliphatic heterocycles. The van der Waals surface area contributed by atoms with Crippen molar-refractivity contribution in [3.8, 4) is 17.4 Å². The second kappa shape index (κ2) is 11.0. The van der Waals surface area contributed by atoms with E-state index >= 15 is 0 Å². The highest BCUT2D eigenvalue weighted by molar-refractivity contribution is 7.90. The van der Waals surface area contributed by atoms with Gasteiger partial charge in [-0.1, -0.05) is 19.4 Å². The summed E-state index contributed by atoms with van der Waals surface area (Å²) in [6.45, 7) is 6.58. The summed E-state index contributed by atoms with van der Waals surface area (Å²) in [5.41, 5.74) is -2.04. The Morgan fingerprint density at radius 2 is 1.93 bits per heavy atom. The SMILES string of the molecule is CC[C@@H]1CN(c2nc(-n3ccc(OCCC4(C(F)(F)F)CC4)n3)ccc2C(=O)NS(=O)(=O)c2cccc(O)c2)C(C)(C)C1. The Morgan fingerprint density at radius 1 is 1.19 bits per heavy atom. The van der Waals surface area contributed by atoms with Crippen molar-refractivity contribution >= 4 is 21.7 Å². The Labute approximate surface area is 247 Å². The number of alkyl halides is 3. The Hall–Kier alpha value is -3.81. The second-order valence-electron chi connectivity index (χ2n) is 11.8. The van der Waals surface area contributed by atoms with Crippen molar-refractivity contribution in [2.45, 2.75) is 69.5 Å². The fourth-order valence-electron chi connectivity index (χ4n) is 5.56. The van der Waals surface area contributed by atoms with Gasteiger partial charge in [0.05, 0.1) is 22.5 Å². The van der Waals surface area contributed by atoms with Gasteiger partial charge >= 0.3 is 6.18 Å². The van der Waals surface area contributed by atoms with Crippen LogP contribution in [0.25, 0.3) is 5.82 Å². The molecule has 1 aromatic carbocycles. The number of pyridine rings is 1. The summed E-state index contributed by atoms with van der Waals surface area (Å²) < 4.78 is 74.6. The average molecular weight is 622 g/mol. The van der Waals surface area contributed by atoms with Gasteiger partial charge in [0.1, 0.15) is 11.6 Å². The van der Waals surface area contributed by atoms with Gasteiger partial charge in [0.15, 0.2) is 5.82 Å². The van der Waals surface area contributed by atoms with Crippen LogP contribution < -0.4 is 14.4 Å². The predicted molar refractivity (Wildman–Crippen MR) is 152 cm³/mol. The Kier molecular flexibility index (Phi) is 7.86. The number of carbonyl (C=O) groups is 1. The molecule has 5 rings (SSSR count). The molecule has 2 fully saturated rings. The molecule has 43 heavy (non-hydrogen) atoms. The van der Waals surface area contributed by atoms with E-state index in [-0.39, 0.29) is 53.8 Å². The number of hydrogen-bond acceptors (Lipinski definition) is 8. The van der Waals surface area contributed by atoms with Crippen LogP contribution in [0.3, 0.4) is 0 Å². The quantitative estimate of drug-likeness (QED) is 0.316. The number of aromatic nitrogens is 3. The number of phenolic OH excluding ortho intramolecular Hbond substituents is 1. The molecule has 14 heteroatoms. The van der Waals surface area contributed by atoms with Gasteiger partial charge in [-0.3, -0.25) is 4.79 Å². The van der Waals surface area contributed by atoms with E-state index in [4.69, 9.17) is 9.72 Å². The molecule has 1 atom stereocenters. The van der Waals surface area contributed by atoms with Crippen molar-refractivity contribution < 1.29 is 36.2 Å². The molecular weight excluding hydrogens is 587 g/mol. The number of phenols is 1. The number of rotatable bonds is 10. The molecule has 232 valence electrons. The third-order valence-corrected chi connectivity index (χ3v) is 9.67. The zero-order valence-electron chi connectivity index (χ0n) is 24.1. The van der Waals surface area contributed by atoms with Crippen LogP contribution in [0.4, 0.5) is 19.0 Å². The lowest BCUT2D eigenvalue weighted by molar-refractivity contribution is -0.190. The molecule has 2 aromatic heterocycles. The van der Waals surface area contributed by atoms with Crippen LogP contribution in [-0.2, 0) is 10.0 Å². The molecule has 1 aliphatic carbocycles. The first-order chi connectivity index (χ1) is 20.1. The molecule has 0 radical (unpaired) electrons. The van der Waals surface area contributed by atoms with E-state index in [1.54, 1.807) is 6.20 Å². The maximum Gasteiger partial charge on any atom is 0.394 e. The summed E-state index contributed by atoms with van der Waals surface area (Å²) in [7, 11) is -4.31. The molecule has 1 saturated carbocycles. The van der Waals surface area contributed by atoms with Crippen molar-refractivity contribution in [2.75, 3.05) is 18.1 Å². The van der Waals surface area contributed by atoms with E-state index in [0.29, 0.717) is 18.3 Å². The number of aromatic hydroxyl groups is 1. The topological polar surface area (TPSA) is 127 Å². The van der Waals surface area contributed by atoms with Gasteiger partial charge in [-0.2, -0.15) is 13.2 Å². The first kappa shape index (κ1) is 30.6. The van der Waals surface area contributed by atoms with Gasteiger partial charge in [-0.05, 0) is 69.7 Å². The molecule has 3 heterocycles. The van der Waals surface area contributed by atoms with Crippen molar-refractivity contribution in [1.29, 1.82) is 0 Å². The van der Waals surface area contributed by atoms with Crippen LogP contribution in [0.1, 0.15) is 63.2 Å². The summed E-state index contributed by atoms with van der Waals surface area (Å²) >= 11 is 0. The molecule has 0 bridgehead atoms. The third-order valence-electron chi connectivity index (χ3n) is 8.34. The van der Waals surface area contributed by atoms with Crippen LogP contribution >= 0.6 is 0 Å². The molecule has 10 nitrogen and oxygen atoms in total. The number of sulfonamides is 1. The van der Waals surface area contributed by atoms with Gasteiger partial charge in [0, 0.05) is 30.4 Å². The summed E-state index contributed by atoms with van der Waals surface area (Å²) in [4.78, 5) is 19.9. The first-order valence-corrected chi connectivity index (χ1v) is 15.5. The monoisotopic (exact) mass is 621 g/mol. The highest BCUT2D eigenvalue weighted by atomic mass is 32.2. The molecule has 3 aromatic rings. The van der Waals surface area contributed by atoms with E-state index in [9.17, 15) is 31.5 Å². The molecule has 0 unspecified atom stereocenters. The number of nitrogens with one attached hydrogen (secondary N) is 1. The van der Waals surface area contributed by atoms with E-state index in [2.05, 4.69) is 16.7 Å². The number of ether oxygens (including phenoxy) is 1. The normalized spacial score (nSPS) is 19.3. The van der Waals surface area contributed by atoms with Crippen molar-refractivity contribution in [1.82, 2.24) is 19.5 Å². The number of carbonyl (C=O) groups excluding carboxylic acids is 1. The van der Waals surface area contributed by atoms with Crippen molar-refractivity contribution in [3.05, 3.63) is 54.2 Å². The van der Waals surface area contributed by atoms with Gasteiger partial charge in [-0.25, -0.2) is 22.8 Å². The molecular formula is C29H34F3N5O5S. The molecule has 0 spiro atoms. The predicted octanol–water partition coefficient (Wildman–Crippen LogP) is 5.22. The van der Waals surface area contributed by atoms with Gasteiger partial charge in [0.25, 0.3) is 15.9 Å². The van der Waals surface area contributed by atoms with E-state index in [1.165, 1.54) is 41.1 Å². The number of amides is 1. The first-order valence-electron chi connectivity index (χ1n) is 14.0. The summed E-state index contributed by atoms with van der Waals surface area (Å²) in [5.74, 6) is -0.128. The summed E-state index contributed by atoms with van der Waals surface area (Å²) in [5, 5.41) is 14.0. The van der Waals surface area contributed by atoms with Crippen molar-refractivity contribution in [2.24, 2.45) is 11.3 Å². The number of nitrogens with zero attached hydrogens (tertiary/aromatic N) is 4. The van der Waals surface area contributed by atoms with Crippen LogP contribution in [-0.4, -0.2) is 59.1 Å². The van der Waals surface area contributed by atoms with Crippen LogP contribution in [0, 0.1) is 11.3 Å². The summed E-state index contributed by atoms with van der Waals surface area (Å²) in [6.07, 6.45) is -0.923. The lowest BCUT2D eigenvalue weighted by Gasteiger charge is -2.34. The average Bonchev–Trinajstić information content (AvgIpc) is 3.48. The molecule has 2 N–H and O–H groups in total. The zero-order valence-corrected chi connectivity index (χ0v) is 24.9. The number of halogens is 3. The van der Waals surface area contributed by atoms with Gasteiger partial charge < -0.3 is 14.7 Å². The number of hydrogen-bond donors (Lipinski definition) is 2. The Bertz CT molecular complexity index is 1620. The van der Waals surface area contributed by atoms with E-state index in [0.717, 1.165) is 18.9 Å². The van der Waals surface area contributed by atoms with E-state index < -0.39 is 33.1 Å². The zero-order chi connectivity index (χ0) is 31.2. The van der Waals surface area contributed by atoms with E-state index in [1.807, 2.05) is 18.7 Å². The van der Waals surface area contributed by atoms with Crippen LogP contribution in [0.5, 0.6) is 11.6 Å². The highest BCUT2D eigenvalue weighted by Crippen LogP contribution is 2.59. The van der Waals surface area contributed by atoms with Gasteiger partial charge in [0.2, 0.25) is 5.88 Å². The van der Waals surface area contributed by atoms with Crippen LogP contribution in [0.2, 0.25) is 0 Å². The third kappa shape index (κ3) is 6.29. The number of benzene rings is 1. The lowest BCUT2D eigenvalue weighted by Crippen LogP contribution is -2.41. The minimum atomic E-state index is -4.31. The molecule has 2 aliphatic rings.